The van der Waals surface area contributed by atoms with Crippen LogP contribution < -0.4 is 4.74 Å². The van der Waals surface area contributed by atoms with Crippen molar-refractivity contribution >= 4 is 0 Å². The molecule has 2 rings (SSSR count). The van der Waals surface area contributed by atoms with E-state index in [1.54, 1.807) is 7.11 Å². The van der Waals surface area contributed by atoms with Crippen LogP contribution in [0.2, 0.25) is 0 Å². The van der Waals surface area contributed by atoms with Crippen molar-refractivity contribution in [2.75, 3.05) is 7.11 Å². The molecule has 0 aliphatic heterocycles. The average Bonchev–Trinajstić information content (AvgIpc) is 2.40. The van der Waals surface area contributed by atoms with Gasteiger partial charge in [0.2, 0.25) is 0 Å². The van der Waals surface area contributed by atoms with Crippen LogP contribution in [0.4, 0.5) is 0 Å². The van der Waals surface area contributed by atoms with Crippen LogP contribution >= 0.6 is 0 Å². The third kappa shape index (κ3) is 3.08. The molecule has 0 atom stereocenters. The van der Waals surface area contributed by atoms with E-state index in [0.29, 0.717) is 0 Å². The zero-order valence-corrected chi connectivity index (χ0v) is 9.89. The Labute approximate surface area is 101 Å². The topological polar surface area (TPSA) is 29.5 Å². The summed E-state index contributed by atoms with van der Waals surface area (Å²) in [6, 6.07) is 16.1. The summed E-state index contributed by atoms with van der Waals surface area (Å²) in [5.74, 6) is 0.884. The maximum atomic E-state index is 8.97. The maximum absolute atomic E-state index is 8.97. The van der Waals surface area contributed by atoms with E-state index >= 15 is 0 Å². The number of ether oxygens (including phenoxy) is 1. The molecule has 0 unspecified atom stereocenters. The number of hydrogen-bond donors (Lipinski definition) is 1. The lowest BCUT2D eigenvalue weighted by Gasteiger charge is -2.05. The smallest absolute Gasteiger partial charge is 0.119 e. The fraction of sp³-hybridized carbons (Fsp3) is 0.200. The highest BCUT2D eigenvalue weighted by molar-refractivity contribution is 5.33. The van der Waals surface area contributed by atoms with Gasteiger partial charge in [-0.3, -0.25) is 0 Å². The summed E-state index contributed by atoms with van der Waals surface area (Å²) in [5, 5.41) is 8.97. The van der Waals surface area contributed by atoms with Gasteiger partial charge in [-0.15, -0.1) is 0 Å². The van der Waals surface area contributed by atoms with Crippen molar-refractivity contribution in [2.45, 2.75) is 13.0 Å². The lowest BCUT2D eigenvalue weighted by Crippen LogP contribution is -1.91. The van der Waals surface area contributed by atoms with Gasteiger partial charge in [-0.1, -0.05) is 36.4 Å². The molecule has 0 amide bonds. The summed E-state index contributed by atoms with van der Waals surface area (Å²) in [6.45, 7) is 0.0967. The van der Waals surface area contributed by atoms with Gasteiger partial charge in [0, 0.05) is 0 Å². The average molecular weight is 228 g/mol. The van der Waals surface area contributed by atoms with Gasteiger partial charge < -0.3 is 9.84 Å². The summed E-state index contributed by atoms with van der Waals surface area (Å²) < 4.78 is 5.20. The Morgan fingerprint density at radius 1 is 0.941 bits per heavy atom. The minimum Gasteiger partial charge on any atom is -0.497 e. The maximum Gasteiger partial charge on any atom is 0.119 e. The summed E-state index contributed by atoms with van der Waals surface area (Å²) in [7, 11) is 1.68. The first-order valence-electron chi connectivity index (χ1n) is 5.63. The predicted octanol–water partition coefficient (Wildman–Crippen LogP) is 2.78. The molecule has 0 bridgehead atoms. The largest absolute Gasteiger partial charge is 0.497 e. The molecule has 0 saturated carbocycles. The van der Waals surface area contributed by atoms with Crippen molar-refractivity contribution in [3.05, 3.63) is 65.2 Å². The van der Waals surface area contributed by atoms with Crippen LogP contribution in [0.25, 0.3) is 0 Å². The highest BCUT2D eigenvalue weighted by atomic mass is 16.5. The molecule has 17 heavy (non-hydrogen) atoms. The first-order valence-corrected chi connectivity index (χ1v) is 5.63. The van der Waals surface area contributed by atoms with E-state index in [4.69, 9.17) is 9.84 Å². The summed E-state index contributed by atoms with van der Waals surface area (Å²) >= 11 is 0. The molecule has 0 aliphatic rings. The summed E-state index contributed by atoms with van der Waals surface area (Å²) in [5.41, 5.74) is 3.40. The zero-order chi connectivity index (χ0) is 12.1. The Kier molecular flexibility index (Phi) is 3.78. The van der Waals surface area contributed by atoms with Gasteiger partial charge >= 0.3 is 0 Å². The van der Waals surface area contributed by atoms with E-state index in [2.05, 4.69) is 6.07 Å². The molecule has 0 radical (unpaired) electrons. The molecular formula is C15H16O2. The number of rotatable bonds is 4. The number of hydrogen-bond acceptors (Lipinski definition) is 2. The normalized spacial score (nSPS) is 10.2. The standard InChI is InChI=1S/C15H16O2/c1-17-15-4-2-3-14(10-15)9-12-5-7-13(11-16)8-6-12/h2-8,10,16H,9,11H2,1H3. The van der Waals surface area contributed by atoms with Crippen molar-refractivity contribution in [1.82, 2.24) is 0 Å². The molecule has 0 saturated heterocycles. The lowest BCUT2D eigenvalue weighted by atomic mass is 10.0. The van der Waals surface area contributed by atoms with Crippen molar-refractivity contribution in [3.8, 4) is 5.75 Å². The minimum absolute atomic E-state index is 0.0967. The molecule has 88 valence electrons. The van der Waals surface area contributed by atoms with Crippen molar-refractivity contribution in [3.63, 3.8) is 0 Å². The Morgan fingerprint density at radius 3 is 2.29 bits per heavy atom. The van der Waals surface area contributed by atoms with Gasteiger partial charge in [0.05, 0.1) is 13.7 Å². The minimum atomic E-state index is 0.0967. The van der Waals surface area contributed by atoms with E-state index in [1.807, 2.05) is 42.5 Å². The second kappa shape index (κ2) is 5.51. The van der Waals surface area contributed by atoms with E-state index < -0.39 is 0 Å². The highest BCUT2D eigenvalue weighted by Crippen LogP contribution is 2.16. The number of aliphatic hydroxyl groups is 1. The van der Waals surface area contributed by atoms with E-state index in [-0.39, 0.29) is 6.61 Å². The van der Waals surface area contributed by atoms with Gasteiger partial charge in [0.25, 0.3) is 0 Å². The van der Waals surface area contributed by atoms with Crippen LogP contribution in [-0.2, 0) is 13.0 Å². The van der Waals surface area contributed by atoms with E-state index in [0.717, 1.165) is 17.7 Å². The molecule has 0 aliphatic carbocycles. The molecule has 1 N–H and O–H groups in total. The third-order valence-electron chi connectivity index (χ3n) is 2.75. The van der Waals surface area contributed by atoms with Gasteiger partial charge in [-0.25, -0.2) is 0 Å². The molecule has 0 spiro atoms. The van der Waals surface area contributed by atoms with Crippen LogP contribution in [0.5, 0.6) is 5.75 Å². The predicted molar refractivity (Wildman–Crippen MR) is 68.2 cm³/mol. The second-order valence-corrected chi connectivity index (χ2v) is 4.00. The summed E-state index contributed by atoms with van der Waals surface area (Å²) in [6.07, 6.45) is 0.878. The van der Waals surface area contributed by atoms with Gasteiger partial charge in [-0.05, 0) is 35.2 Å². The monoisotopic (exact) mass is 228 g/mol. The summed E-state index contributed by atoms with van der Waals surface area (Å²) in [4.78, 5) is 0. The van der Waals surface area contributed by atoms with Crippen LogP contribution in [-0.4, -0.2) is 12.2 Å². The number of methoxy groups -OCH3 is 1. The molecular weight excluding hydrogens is 212 g/mol. The van der Waals surface area contributed by atoms with Gasteiger partial charge in [-0.2, -0.15) is 0 Å². The van der Waals surface area contributed by atoms with E-state index in [9.17, 15) is 0 Å². The second-order valence-electron chi connectivity index (χ2n) is 4.00. The molecule has 0 aromatic heterocycles. The van der Waals surface area contributed by atoms with Crippen LogP contribution in [0.15, 0.2) is 48.5 Å². The molecule has 2 nitrogen and oxygen atoms in total. The first-order chi connectivity index (χ1) is 8.31. The van der Waals surface area contributed by atoms with Gasteiger partial charge in [0.1, 0.15) is 5.75 Å². The Balaban J connectivity index is 2.13. The number of aliphatic hydroxyl groups excluding tert-OH is 1. The van der Waals surface area contributed by atoms with Gasteiger partial charge in [0.15, 0.2) is 0 Å². The van der Waals surface area contributed by atoms with E-state index in [1.165, 1.54) is 11.1 Å². The molecule has 2 aromatic carbocycles. The molecule has 2 aromatic rings. The Bertz CT molecular complexity index is 475. The fourth-order valence-corrected chi connectivity index (χ4v) is 1.78. The number of benzene rings is 2. The molecule has 2 heteroatoms. The zero-order valence-electron chi connectivity index (χ0n) is 9.89. The molecule has 0 fully saturated rings. The van der Waals surface area contributed by atoms with Crippen molar-refractivity contribution < 1.29 is 9.84 Å². The first kappa shape index (κ1) is 11.7. The van der Waals surface area contributed by atoms with Crippen LogP contribution in [0, 0.1) is 0 Å². The van der Waals surface area contributed by atoms with Crippen molar-refractivity contribution in [1.29, 1.82) is 0 Å². The SMILES string of the molecule is COc1cccc(Cc2ccc(CO)cc2)c1. The highest BCUT2D eigenvalue weighted by Gasteiger charge is 1.98. The van der Waals surface area contributed by atoms with Crippen LogP contribution in [0.3, 0.4) is 0 Å². The quantitative estimate of drug-likeness (QED) is 0.872. The Hall–Kier alpha value is -1.80. The fourth-order valence-electron chi connectivity index (χ4n) is 1.78. The lowest BCUT2D eigenvalue weighted by molar-refractivity contribution is 0.282. The van der Waals surface area contributed by atoms with Crippen molar-refractivity contribution in [2.24, 2.45) is 0 Å². The van der Waals surface area contributed by atoms with Crippen LogP contribution in [0.1, 0.15) is 16.7 Å². The molecule has 0 heterocycles. The third-order valence-corrected chi connectivity index (χ3v) is 2.75. The Morgan fingerprint density at radius 2 is 1.65 bits per heavy atom.